The van der Waals surface area contributed by atoms with Gasteiger partial charge >= 0.3 is 0 Å². The van der Waals surface area contributed by atoms with Crippen LogP contribution < -0.4 is 5.32 Å². The molecule has 0 atom stereocenters. The number of carbonyl (C=O) groups is 1. The molecule has 0 aliphatic rings. The number of amides is 1. The number of aromatic nitrogens is 1. The van der Waals surface area contributed by atoms with Gasteiger partial charge < -0.3 is 14.8 Å². The number of pyridine rings is 1. The van der Waals surface area contributed by atoms with Gasteiger partial charge in [0.15, 0.2) is 0 Å². The van der Waals surface area contributed by atoms with Crippen molar-refractivity contribution in [3.05, 3.63) is 28.5 Å². The molecule has 1 N–H and O–H groups in total. The molecule has 1 heterocycles. The highest BCUT2D eigenvalue weighted by molar-refractivity contribution is 6.29. The maximum absolute atomic E-state index is 12.1. The van der Waals surface area contributed by atoms with Gasteiger partial charge in [0.05, 0.1) is 19.8 Å². The number of hydrogen-bond donors (Lipinski definition) is 1. The summed E-state index contributed by atoms with van der Waals surface area (Å²) in [6, 6.07) is 3.34. The molecule has 0 saturated carbocycles. The van der Waals surface area contributed by atoms with Crippen molar-refractivity contribution in [2.45, 2.75) is 26.2 Å². The number of hydrogen-bond acceptors (Lipinski definition) is 4. The molecule has 0 aliphatic heterocycles. The number of nitrogens with one attached hydrogen (secondary N) is 1. The average molecular weight is 315 g/mol. The van der Waals surface area contributed by atoms with Gasteiger partial charge in [-0.15, -0.1) is 0 Å². The lowest BCUT2D eigenvalue weighted by Gasteiger charge is -2.18. The highest BCUT2D eigenvalue weighted by Crippen LogP contribution is 2.23. The van der Waals surface area contributed by atoms with Crippen LogP contribution in [0.1, 0.15) is 36.8 Å². The minimum atomic E-state index is -0.180. The van der Waals surface area contributed by atoms with Gasteiger partial charge in [-0.05, 0) is 12.1 Å². The fourth-order valence-corrected chi connectivity index (χ4v) is 1.80. The molecule has 0 radical (unpaired) electrons. The molecule has 0 spiro atoms. The van der Waals surface area contributed by atoms with E-state index >= 15 is 0 Å². The van der Waals surface area contributed by atoms with Gasteiger partial charge in [-0.25, -0.2) is 4.98 Å². The molecule has 1 aromatic rings. The van der Waals surface area contributed by atoms with Gasteiger partial charge in [0.25, 0.3) is 5.91 Å². The van der Waals surface area contributed by atoms with Crippen LogP contribution in [0.2, 0.25) is 5.15 Å². The number of halogens is 1. The Morgan fingerprint density at radius 2 is 2.00 bits per heavy atom. The van der Waals surface area contributed by atoms with Crippen LogP contribution in [-0.4, -0.2) is 44.4 Å². The lowest BCUT2D eigenvalue weighted by Crippen LogP contribution is -2.28. The smallest absolute Gasteiger partial charge is 0.251 e. The molecular weight excluding hydrogens is 292 g/mol. The van der Waals surface area contributed by atoms with E-state index in [4.69, 9.17) is 21.1 Å². The normalized spacial score (nSPS) is 11.5. The van der Waals surface area contributed by atoms with E-state index in [0.29, 0.717) is 37.1 Å². The van der Waals surface area contributed by atoms with Crippen molar-refractivity contribution in [3.63, 3.8) is 0 Å². The quantitative estimate of drug-likeness (QED) is 0.620. The van der Waals surface area contributed by atoms with Gasteiger partial charge in [-0.3, -0.25) is 4.79 Å². The van der Waals surface area contributed by atoms with Crippen LogP contribution >= 0.6 is 11.6 Å². The summed E-state index contributed by atoms with van der Waals surface area (Å²) in [5.41, 5.74) is 1.14. The Hall–Kier alpha value is -1.17. The first-order valence-corrected chi connectivity index (χ1v) is 7.25. The molecule has 0 saturated heterocycles. The summed E-state index contributed by atoms with van der Waals surface area (Å²) < 4.78 is 10.1. The summed E-state index contributed by atoms with van der Waals surface area (Å²) >= 11 is 5.99. The molecule has 0 aliphatic carbocycles. The zero-order chi connectivity index (χ0) is 15.9. The number of rotatable bonds is 7. The van der Waals surface area contributed by atoms with Crippen LogP contribution in [0, 0.1) is 0 Å². The Labute approximate surface area is 131 Å². The topological polar surface area (TPSA) is 60.5 Å². The van der Waals surface area contributed by atoms with E-state index < -0.39 is 0 Å². The molecule has 21 heavy (non-hydrogen) atoms. The van der Waals surface area contributed by atoms with E-state index in [9.17, 15) is 4.79 Å². The fourth-order valence-electron chi connectivity index (χ4n) is 1.60. The molecule has 0 aromatic carbocycles. The summed E-state index contributed by atoms with van der Waals surface area (Å²) in [6.07, 6.45) is 0. The van der Waals surface area contributed by atoms with Gasteiger partial charge in [0, 0.05) is 30.3 Å². The Bertz CT molecular complexity index is 472. The molecule has 6 heteroatoms. The zero-order valence-corrected chi connectivity index (χ0v) is 13.8. The second-order valence-electron chi connectivity index (χ2n) is 5.67. The Balaban J connectivity index is 2.56. The predicted molar refractivity (Wildman–Crippen MR) is 83.0 cm³/mol. The van der Waals surface area contributed by atoms with E-state index in [1.165, 1.54) is 0 Å². The van der Waals surface area contributed by atoms with Crippen molar-refractivity contribution in [1.29, 1.82) is 0 Å². The van der Waals surface area contributed by atoms with E-state index in [1.807, 2.05) is 20.8 Å². The molecule has 1 aromatic heterocycles. The SMILES string of the molecule is COCCOCCNC(=O)c1cc(Cl)nc(C(C)(C)C)c1. The molecule has 1 amide bonds. The lowest BCUT2D eigenvalue weighted by atomic mass is 9.91. The second-order valence-corrected chi connectivity index (χ2v) is 6.06. The molecule has 1 rings (SSSR count). The van der Waals surface area contributed by atoms with Crippen molar-refractivity contribution in [2.24, 2.45) is 0 Å². The predicted octanol–water partition coefficient (Wildman–Crippen LogP) is 2.43. The number of ether oxygens (including phenoxy) is 2. The van der Waals surface area contributed by atoms with Crippen molar-refractivity contribution in [2.75, 3.05) is 33.5 Å². The lowest BCUT2D eigenvalue weighted by molar-refractivity contribution is 0.0692. The second kappa shape index (κ2) is 8.32. The Morgan fingerprint density at radius 3 is 2.62 bits per heavy atom. The third-order valence-electron chi connectivity index (χ3n) is 2.79. The summed E-state index contributed by atoms with van der Waals surface area (Å²) in [6.45, 7) is 8.02. The van der Waals surface area contributed by atoms with E-state index in [0.717, 1.165) is 5.69 Å². The first-order chi connectivity index (χ1) is 9.84. The summed E-state index contributed by atoms with van der Waals surface area (Å²) in [5.74, 6) is -0.180. The van der Waals surface area contributed by atoms with Gasteiger partial charge in [-0.2, -0.15) is 0 Å². The first-order valence-electron chi connectivity index (χ1n) is 6.87. The van der Waals surface area contributed by atoms with Crippen LogP contribution in [0.15, 0.2) is 12.1 Å². The highest BCUT2D eigenvalue weighted by atomic mass is 35.5. The van der Waals surface area contributed by atoms with Gasteiger partial charge in [-0.1, -0.05) is 32.4 Å². The Kier molecular flexibility index (Phi) is 7.08. The van der Waals surface area contributed by atoms with E-state index in [1.54, 1.807) is 19.2 Å². The van der Waals surface area contributed by atoms with Crippen LogP contribution in [0.25, 0.3) is 0 Å². The molecule has 118 valence electrons. The molecule has 5 nitrogen and oxygen atoms in total. The van der Waals surface area contributed by atoms with Crippen molar-refractivity contribution in [1.82, 2.24) is 10.3 Å². The van der Waals surface area contributed by atoms with Crippen LogP contribution in [-0.2, 0) is 14.9 Å². The third kappa shape index (κ3) is 6.42. The number of nitrogens with zero attached hydrogens (tertiary/aromatic N) is 1. The largest absolute Gasteiger partial charge is 0.382 e. The third-order valence-corrected chi connectivity index (χ3v) is 2.98. The fraction of sp³-hybridized carbons (Fsp3) is 0.600. The van der Waals surface area contributed by atoms with Gasteiger partial charge in [0.1, 0.15) is 5.15 Å². The Morgan fingerprint density at radius 1 is 1.29 bits per heavy atom. The van der Waals surface area contributed by atoms with Crippen LogP contribution in [0.4, 0.5) is 0 Å². The van der Waals surface area contributed by atoms with Crippen molar-refractivity contribution < 1.29 is 14.3 Å². The minimum Gasteiger partial charge on any atom is -0.382 e. The summed E-state index contributed by atoms with van der Waals surface area (Å²) in [4.78, 5) is 16.4. The van der Waals surface area contributed by atoms with Crippen molar-refractivity contribution >= 4 is 17.5 Å². The van der Waals surface area contributed by atoms with E-state index in [2.05, 4.69) is 10.3 Å². The summed E-state index contributed by atoms with van der Waals surface area (Å²) in [7, 11) is 1.62. The number of methoxy groups -OCH3 is 1. The van der Waals surface area contributed by atoms with Crippen LogP contribution in [0.3, 0.4) is 0 Å². The zero-order valence-electron chi connectivity index (χ0n) is 13.0. The highest BCUT2D eigenvalue weighted by Gasteiger charge is 2.18. The number of carbonyl (C=O) groups excluding carboxylic acids is 1. The summed E-state index contributed by atoms with van der Waals surface area (Å²) in [5, 5.41) is 3.11. The molecular formula is C15H23ClN2O3. The molecule has 0 fully saturated rings. The maximum Gasteiger partial charge on any atom is 0.251 e. The van der Waals surface area contributed by atoms with Gasteiger partial charge in [0.2, 0.25) is 0 Å². The van der Waals surface area contributed by atoms with Crippen LogP contribution in [0.5, 0.6) is 0 Å². The molecule has 0 bridgehead atoms. The molecule has 0 unspecified atom stereocenters. The van der Waals surface area contributed by atoms with Crippen molar-refractivity contribution in [3.8, 4) is 0 Å². The minimum absolute atomic E-state index is 0.163. The monoisotopic (exact) mass is 314 g/mol. The maximum atomic E-state index is 12.1. The van der Waals surface area contributed by atoms with E-state index in [-0.39, 0.29) is 11.3 Å². The first kappa shape index (κ1) is 17.9. The average Bonchev–Trinajstić information content (AvgIpc) is 2.40. The standard InChI is InChI=1S/C15H23ClN2O3/c1-15(2,3)12-9-11(10-13(16)18-12)14(19)17-5-6-21-8-7-20-4/h9-10H,5-8H2,1-4H3,(H,17,19).